The second-order valence-corrected chi connectivity index (χ2v) is 4.78. The standard InChI is InChI=1S/C15H17N2O3/c18-15(20-10-7-17-5-8-19-9-6-17)13-2-1-12-3-4-16-14(12)11-13/h1-2,4,11,16H,5-10H2. The Morgan fingerprint density at radius 1 is 1.40 bits per heavy atom. The third-order valence-corrected chi connectivity index (χ3v) is 3.45. The van der Waals surface area contributed by atoms with E-state index in [0.29, 0.717) is 12.2 Å². The van der Waals surface area contributed by atoms with Crippen LogP contribution in [0.15, 0.2) is 24.4 Å². The Hall–Kier alpha value is -1.85. The summed E-state index contributed by atoms with van der Waals surface area (Å²) in [6.45, 7) is 4.49. The zero-order valence-corrected chi connectivity index (χ0v) is 11.2. The van der Waals surface area contributed by atoms with Crippen molar-refractivity contribution in [3.8, 4) is 0 Å². The maximum Gasteiger partial charge on any atom is 0.338 e. The van der Waals surface area contributed by atoms with E-state index in [9.17, 15) is 4.79 Å². The van der Waals surface area contributed by atoms with Gasteiger partial charge in [-0.2, -0.15) is 0 Å². The van der Waals surface area contributed by atoms with Gasteiger partial charge in [0.2, 0.25) is 0 Å². The minimum absolute atomic E-state index is 0.283. The molecule has 1 radical (unpaired) electrons. The molecule has 5 nitrogen and oxygen atoms in total. The molecule has 0 saturated carbocycles. The molecule has 105 valence electrons. The van der Waals surface area contributed by atoms with E-state index in [2.05, 4.69) is 16.0 Å². The summed E-state index contributed by atoms with van der Waals surface area (Å²) in [6.07, 6.45) is 1.73. The Kier molecular flexibility index (Phi) is 3.99. The molecule has 1 fully saturated rings. The van der Waals surface area contributed by atoms with Crippen LogP contribution in [-0.4, -0.2) is 55.3 Å². The molecule has 1 N–H and O–H groups in total. The number of rotatable bonds is 4. The van der Waals surface area contributed by atoms with Gasteiger partial charge in [0.25, 0.3) is 0 Å². The molecule has 2 heterocycles. The molecule has 0 amide bonds. The van der Waals surface area contributed by atoms with E-state index in [4.69, 9.17) is 9.47 Å². The Balaban J connectivity index is 1.53. The number of nitrogens with zero attached hydrogens (tertiary/aromatic N) is 1. The number of fused-ring (bicyclic) bond motifs is 1. The number of morpholine rings is 1. The van der Waals surface area contributed by atoms with Gasteiger partial charge >= 0.3 is 5.97 Å². The van der Waals surface area contributed by atoms with Crippen LogP contribution in [0.4, 0.5) is 0 Å². The number of hydrogen-bond acceptors (Lipinski definition) is 4. The normalized spacial score (nSPS) is 16.4. The highest BCUT2D eigenvalue weighted by Crippen LogP contribution is 2.14. The molecule has 1 saturated heterocycles. The topological polar surface area (TPSA) is 54.6 Å². The highest BCUT2D eigenvalue weighted by atomic mass is 16.5. The molecule has 0 atom stereocenters. The minimum Gasteiger partial charge on any atom is -0.461 e. The summed E-state index contributed by atoms with van der Waals surface area (Å²) in [5, 5.41) is 0.967. The maximum atomic E-state index is 12.0. The van der Waals surface area contributed by atoms with Crippen LogP contribution in [0.1, 0.15) is 10.4 Å². The lowest BCUT2D eigenvalue weighted by Crippen LogP contribution is -2.38. The number of nitrogens with one attached hydrogen (secondary N) is 1. The molecule has 1 aliphatic heterocycles. The summed E-state index contributed by atoms with van der Waals surface area (Å²) in [7, 11) is 0. The lowest BCUT2D eigenvalue weighted by atomic mass is 10.2. The van der Waals surface area contributed by atoms with Gasteiger partial charge in [-0.3, -0.25) is 4.90 Å². The van der Waals surface area contributed by atoms with Crippen LogP contribution in [0.5, 0.6) is 0 Å². The Bertz CT molecular complexity index is 588. The van der Waals surface area contributed by atoms with Crippen LogP contribution in [0.2, 0.25) is 0 Å². The van der Waals surface area contributed by atoms with Gasteiger partial charge in [-0.05, 0) is 12.1 Å². The third kappa shape index (κ3) is 3.00. The summed E-state index contributed by atoms with van der Waals surface area (Å²) < 4.78 is 10.6. The minimum atomic E-state index is -0.283. The van der Waals surface area contributed by atoms with Crippen LogP contribution in [0, 0.1) is 6.07 Å². The number of esters is 1. The van der Waals surface area contributed by atoms with Gasteiger partial charge in [0.05, 0.1) is 18.8 Å². The fourth-order valence-corrected chi connectivity index (χ4v) is 2.28. The molecule has 1 aliphatic rings. The fraction of sp³-hybridized carbons (Fsp3) is 0.400. The first-order valence-electron chi connectivity index (χ1n) is 6.79. The van der Waals surface area contributed by atoms with E-state index in [-0.39, 0.29) is 5.97 Å². The molecule has 2 aromatic rings. The number of benzene rings is 1. The van der Waals surface area contributed by atoms with Crippen molar-refractivity contribution in [3.63, 3.8) is 0 Å². The van der Waals surface area contributed by atoms with E-state index in [1.165, 1.54) is 0 Å². The van der Waals surface area contributed by atoms with Gasteiger partial charge < -0.3 is 14.5 Å². The Labute approximate surface area is 117 Å². The van der Waals surface area contributed by atoms with Crippen LogP contribution >= 0.6 is 0 Å². The molecule has 3 rings (SSSR count). The van der Waals surface area contributed by atoms with E-state index < -0.39 is 0 Å². The van der Waals surface area contributed by atoms with Gasteiger partial charge in [-0.25, -0.2) is 4.79 Å². The van der Waals surface area contributed by atoms with E-state index in [1.54, 1.807) is 18.3 Å². The number of hydrogen-bond donors (Lipinski definition) is 1. The van der Waals surface area contributed by atoms with Crippen molar-refractivity contribution in [1.29, 1.82) is 0 Å². The van der Waals surface area contributed by atoms with Gasteiger partial charge in [-0.1, -0.05) is 6.07 Å². The molecule has 0 aliphatic carbocycles. The van der Waals surface area contributed by atoms with Crippen molar-refractivity contribution in [1.82, 2.24) is 9.88 Å². The van der Waals surface area contributed by atoms with Crippen molar-refractivity contribution >= 4 is 16.9 Å². The first-order chi connectivity index (χ1) is 9.83. The number of aromatic amines is 1. The highest BCUT2D eigenvalue weighted by molar-refractivity contribution is 5.94. The van der Waals surface area contributed by atoms with Gasteiger partial charge in [0.1, 0.15) is 6.61 Å². The first-order valence-corrected chi connectivity index (χ1v) is 6.79. The molecule has 5 heteroatoms. The predicted octanol–water partition coefficient (Wildman–Crippen LogP) is 1.46. The second-order valence-electron chi connectivity index (χ2n) is 4.78. The summed E-state index contributed by atoms with van der Waals surface area (Å²) in [6, 6.07) is 8.47. The molecular formula is C15H17N2O3. The molecular weight excluding hydrogens is 256 g/mol. The number of carbonyl (C=O) groups excluding carboxylic acids is 1. The van der Waals surface area contributed by atoms with Crippen LogP contribution < -0.4 is 0 Å². The average molecular weight is 273 g/mol. The third-order valence-electron chi connectivity index (χ3n) is 3.45. The van der Waals surface area contributed by atoms with E-state index in [0.717, 1.165) is 43.8 Å². The zero-order chi connectivity index (χ0) is 13.8. The SMILES string of the molecule is O=C(OCCN1CCOCC1)c1ccc2[c]c[nH]c2c1. The lowest BCUT2D eigenvalue weighted by Gasteiger charge is -2.26. The molecule has 0 unspecified atom stereocenters. The second kappa shape index (κ2) is 6.07. The number of H-pyrrole nitrogens is 1. The molecule has 0 bridgehead atoms. The summed E-state index contributed by atoms with van der Waals surface area (Å²) in [4.78, 5) is 17.2. The predicted molar refractivity (Wildman–Crippen MR) is 74.7 cm³/mol. The van der Waals surface area contributed by atoms with Crippen molar-refractivity contribution in [2.75, 3.05) is 39.5 Å². The number of ether oxygens (including phenoxy) is 2. The lowest BCUT2D eigenvalue weighted by molar-refractivity contribution is 0.0195. The van der Waals surface area contributed by atoms with Crippen LogP contribution in [-0.2, 0) is 9.47 Å². The van der Waals surface area contributed by atoms with Crippen molar-refractivity contribution in [2.24, 2.45) is 0 Å². The smallest absolute Gasteiger partial charge is 0.338 e. The van der Waals surface area contributed by atoms with Gasteiger partial charge in [0.15, 0.2) is 0 Å². The largest absolute Gasteiger partial charge is 0.461 e. The number of carbonyl (C=O) groups is 1. The van der Waals surface area contributed by atoms with E-state index in [1.807, 2.05) is 6.07 Å². The zero-order valence-electron chi connectivity index (χ0n) is 11.2. The van der Waals surface area contributed by atoms with E-state index >= 15 is 0 Å². The Morgan fingerprint density at radius 2 is 2.25 bits per heavy atom. The molecule has 1 aromatic heterocycles. The monoisotopic (exact) mass is 273 g/mol. The molecule has 0 spiro atoms. The summed E-state index contributed by atoms with van der Waals surface area (Å²) in [5.41, 5.74) is 1.46. The Morgan fingerprint density at radius 3 is 3.10 bits per heavy atom. The van der Waals surface area contributed by atoms with Crippen LogP contribution in [0.3, 0.4) is 0 Å². The maximum absolute atomic E-state index is 12.0. The summed E-state index contributed by atoms with van der Waals surface area (Å²) >= 11 is 0. The van der Waals surface area contributed by atoms with Crippen molar-refractivity contribution in [3.05, 3.63) is 36.0 Å². The highest BCUT2D eigenvalue weighted by Gasteiger charge is 2.12. The first kappa shape index (κ1) is 13.1. The molecule has 20 heavy (non-hydrogen) atoms. The summed E-state index contributed by atoms with van der Waals surface area (Å²) in [5.74, 6) is -0.283. The fourth-order valence-electron chi connectivity index (χ4n) is 2.28. The quantitative estimate of drug-likeness (QED) is 0.857. The van der Waals surface area contributed by atoms with Gasteiger partial charge in [-0.15, -0.1) is 0 Å². The van der Waals surface area contributed by atoms with Crippen molar-refractivity contribution < 1.29 is 14.3 Å². The van der Waals surface area contributed by atoms with Crippen LogP contribution in [0.25, 0.3) is 10.9 Å². The number of aromatic nitrogens is 1. The van der Waals surface area contributed by atoms with Gasteiger partial charge in [0, 0.05) is 42.8 Å². The van der Waals surface area contributed by atoms with Crippen molar-refractivity contribution in [2.45, 2.75) is 0 Å². The molecule has 1 aromatic carbocycles. The average Bonchev–Trinajstić information content (AvgIpc) is 2.95.